The van der Waals surface area contributed by atoms with E-state index >= 15 is 0 Å². The fraction of sp³-hybridized carbons (Fsp3) is 0.407. The van der Waals surface area contributed by atoms with E-state index in [1.54, 1.807) is 0 Å². The van der Waals surface area contributed by atoms with Crippen LogP contribution in [-0.4, -0.2) is 20.9 Å². The van der Waals surface area contributed by atoms with E-state index in [0.29, 0.717) is 12.8 Å². The van der Waals surface area contributed by atoms with Gasteiger partial charge in [0, 0.05) is 0 Å². The number of benzene rings is 2. The molecule has 0 aliphatic rings. The molecular formula is C27H36O3. The molecule has 2 aromatic rings. The molecule has 0 saturated heterocycles. The van der Waals surface area contributed by atoms with Crippen LogP contribution in [0.3, 0.4) is 0 Å². The van der Waals surface area contributed by atoms with Gasteiger partial charge >= 0.3 is 0 Å². The Morgan fingerprint density at radius 3 is 2.13 bits per heavy atom. The van der Waals surface area contributed by atoms with Gasteiger partial charge < -0.3 is 15.3 Å². The summed E-state index contributed by atoms with van der Waals surface area (Å²) >= 11 is 0. The zero-order valence-electron chi connectivity index (χ0n) is 18.6. The van der Waals surface area contributed by atoms with E-state index in [2.05, 4.69) is 37.3 Å². The van der Waals surface area contributed by atoms with Gasteiger partial charge in [-0.05, 0) is 65.5 Å². The smallest absolute Gasteiger partial charge is 0.0825 e. The van der Waals surface area contributed by atoms with Gasteiger partial charge in [0.2, 0.25) is 0 Å². The van der Waals surface area contributed by atoms with Crippen molar-refractivity contribution in [1.29, 1.82) is 0 Å². The topological polar surface area (TPSA) is 60.7 Å². The van der Waals surface area contributed by atoms with Crippen molar-refractivity contribution in [1.82, 2.24) is 0 Å². The SMILES string of the molecule is CC/C(=C\C=C\C(O)(CC)CC)c1cccc(CCc2ccc(CO)c(CO)c2)c1. The molecule has 0 heterocycles. The predicted octanol–water partition coefficient (Wildman–Crippen LogP) is 5.36. The normalized spacial score (nSPS) is 12.7. The molecule has 0 fully saturated rings. The third-order valence-electron chi connectivity index (χ3n) is 5.92. The number of hydrogen-bond donors (Lipinski definition) is 3. The summed E-state index contributed by atoms with van der Waals surface area (Å²) in [6, 6.07) is 14.5. The average molecular weight is 409 g/mol. The fourth-order valence-corrected chi connectivity index (χ4v) is 3.60. The molecular weight excluding hydrogens is 372 g/mol. The molecule has 0 atom stereocenters. The van der Waals surface area contributed by atoms with Crippen molar-refractivity contribution in [2.45, 2.75) is 71.7 Å². The lowest BCUT2D eigenvalue weighted by atomic mass is 9.95. The Bertz CT molecular complexity index is 860. The number of rotatable bonds is 11. The van der Waals surface area contributed by atoms with Crippen LogP contribution >= 0.6 is 0 Å². The highest BCUT2D eigenvalue weighted by molar-refractivity contribution is 5.67. The Hall–Kier alpha value is -2.20. The van der Waals surface area contributed by atoms with Crippen molar-refractivity contribution in [3.05, 3.63) is 88.5 Å². The summed E-state index contributed by atoms with van der Waals surface area (Å²) in [5.41, 5.74) is 5.75. The van der Waals surface area contributed by atoms with Crippen LogP contribution in [0, 0.1) is 0 Å². The van der Waals surface area contributed by atoms with Crippen molar-refractivity contribution < 1.29 is 15.3 Å². The van der Waals surface area contributed by atoms with Crippen LogP contribution in [0.5, 0.6) is 0 Å². The van der Waals surface area contributed by atoms with Gasteiger partial charge in [0.05, 0.1) is 18.8 Å². The van der Waals surface area contributed by atoms with Crippen LogP contribution in [0.1, 0.15) is 67.9 Å². The standard InChI is InChI=1S/C27H36O3/c1-4-23(11-8-16-27(30,5-2)6-3)24-10-7-9-21(17-24)12-13-22-14-15-25(19-28)26(18-22)20-29/h7-11,14-18,28-30H,4-6,12-13,19-20H2,1-3H3/b16-8+,23-11+. The molecule has 0 radical (unpaired) electrons. The van der Waals surface area contributed by atoms with E-state index < -0.39 is 5.60 Å². The highest BCUT2D eigenvalue weighted by Crippen LogP contribution is 2.22. The largest absolute Gasteiger partial charge is 0.392 e. The van der Waals surface area contributed by atoms with Crippen LogP contribution in [0.25, 0.3) is 5.57 Å². The monoisotopic (exact) mass is 408 g/mol. The Morgan fingerprint density at radius 2 is 1.53 bits per heavy atom. The molecule has 2 rings (SSSR count). The molecule has 2 aromatic carbocycles. The van der Waals surface area contributed by atoms with Gasteiger partial charge in [-0.15, -0.1) is 0 Å². The molecule has 3 nitrogen and oxygen atoms in total. The molecule has 0 amide bonds. The summed E-state index contributed by atoms with van der Waals surface area (Å²) in [4.78, 5) is 0. The molecule has 0 bridgehead atoms. The first-order valence-electron chi connectivity index (χ1n) is 11.0. The lowest BCUT2D eigenvalue weighted by Gasteiger charge is -2.20. The third kappa shape index (κ3) is 6.66. The second kappa shape index (κ2) is 11.8. The zero-order valence-corrected chi connectivity index (χ0v) is 18.6. The molecule has 0 spiro atoms. The molecule has 0 saturated carbocycles. The van der Waals surface area contributed by atoms with Gasteiger partial charge in [-0.1, -0.05) is 81.5 Å². The van der Waals surface area contributed by atoms with Gasteiger partial charge in [0.25, 0.3) is 0 Å². The van der Waals surface area contributed by atoms with Gasteiger partial charge in [-0.25, -0.2) is 0 Å². The summed E-state index contributed by atoms with van der Waals surface area (Å²) in [5, 5.41) is 29.3. The Balaban J connectivity index is 2.13. The van der Waals surface area contributed by atoms with Crippen LogP contribution in [-0.2, 0) is 26.1 Å². The lowest BCUT2D eigenvalue weighted by molar-refractivity contribution is 0.0828. The lowest BCUT2D eigenvalue weighted by Crippen LogP contribution is -2.22. The van der Waals surface area contributed by atoms with E-state index in [4.69, 9.17) is 0 Å². The maximum Gasteiger partial charge on any atom is 0.0825 e. The van der Waals surface area contributed by atoms with Crippen molar-refractivity contribution >= 4 is 5.57 Å². The molecule has 0 aliphatic heterocycles. The second-order valence-corrected chi connectivity index (χ2v) is 7.83. The molecule has 162 valence electrons. The summed E-state index contributed by atoms with van der Waals surface area (Å²) < 4.78 is 0. The van der Waals surface area contributed by atoms with Gasteiger partial charge in [-0.2, -0.15) is 0 Å². The molecule has 3 heteroatoms. The summed E-state index contributed by atoms with van der Waals surface area (Å²) in [6.45, 7) is 6.05. The Labute approximate surface area is 181 Å². The summed E-state index contributed by atoms with van der Waals surface area (Å²) in [7, 11) is 0. The number of aliphatic hydroxyl groups excluding tert-OH is 2. The van der Waals surface area contributed by atoms with Crippen LogP contribution in [0.4, 0.5) is 0 Å². The zero-order chi connectivity index (χ0) is 22.0. The van der Waals surface area contributed by atoms with E-state index in [1.807, 2.05) is 44.2 Å². The quantitative estimate of drug-likeness (QED) is 0.439. The van der Waals surface area contributed by atoms with Crippen LogP contribution in [0.15, 0.2) is 60.7 Å². The Kier molecular flexibility index (Phi) is 9.51. The maximum atomic E-state index is 10.4. The maximum absolute atomic E-state index is 10.4. The van der Waals surface area contributed by atoms with Gasteiger partial charge in [-0.3, -0.25) is 0 Å². The van der Waals surface area contributed by atoms with E-state index in [0.717, 1.165) is 36.0 Å². The predicted molar refractivity (Wildman–Crippen MR) is 125 cm³/mol. The molecule has 3 N–H and O–H groups in total. The number of aliphatic hydroxyl groups is 3. The first-order valence-corrected chi connectivity index (χ1v) is 11.0. The van der Waals surface area contributed by atoms with Gasteiger partial charge in [0.1, 0.15) is 0 Å². The fourth-order valence-electron chi connectivity index (χ4n) is 3.60. The molecule has 0 aliphatic carbocycles. The molecule has 30 heavy (non-hydrogen) atoms. The summed E-state index contributed by atoms with van der Waals surface area (Å²) in [5.74, 6) is 0. The summed E-state index contributed by atoms with van der Waals surface area (Å²) in [6.07, 6.45) is 10.1. The minimum absolute atomic E-state index is 0.0489. The highest BCUT2D eigenvalue weighted by Gasteiger charge is 2.16. The first kappa shape index (κ1) is 24.1. The van der Waals surface area contributed by atoms with E-state index in [-0.39, 0.29) is 13.2 Å². The van der Waals surface area contributed by atoms with E-state index in [9.17, 15) is 15.3 Å². The molecule has 0 unspecified atom stereocenters. The third-order valence-corrected chi connectivity index (χ3v) is 5.92. The van der Waals surface area contributed by atoms with Crippen molar-refractivity contribution in [3.8, 4) is 0 Å². The minimum Gasteiger partial charge on any atom is -0.392 e. The highest BCUT2D eigenvalue weighted by atomic mass is 16.3. The van der Waals surface area contributed by atoms with Crippen LogP contribution in [0.2, 0.25) is 0 Å². The van der Waals surface area contributed by atoms with Gasteiger partial charge in [0.15, 0.2) is 0 Å². The van der Waals surface area contributed by atoms with Crippen molar-refractivity contribution in [3.63, 3.8) is 0 Å². The molecule has 0 aromatic heterocycles. The minimum atomic E-state index is -0.726. The first-order chi connectivity index (χ1) is 14.5. The number of aryl methyl sites for hydroxylation is 2. The second-order valence-electron chi connectivity index (χ2n) is 7.83. The van der Waals surface area contributed by atoms with E-state index in [1.165, 1.54) is 16.7 Å². The number of hydrogen-bond acceptors (Lipinski definition) is 3. The van der Waals surface area contributed by atoms with Crippen molar-refractivity contribution in [2.75, 3.05) is 0 Å². The van der Waals surface area contributed by atoms with Crippen molar-refractivity contribution in [2.24, 2.45) is 0 Å². The Morgan fingerprint density at radius 1 is 0.867 bits per heavy atom. The average Bonchev–Trinajstić information content (AvgIpc) is 2.80. The number of allylic oxidation sites excluding steroid dienone is 3. The van der Waals surface area contributed by atoms with Crippen LogP contribution < -0.4 is 0 Å².